The van der Waals surface area contributed by atoms with E-state index < -0.39 is 10.8 Å². The van der Waals surface area contributed by atoms with E-state index in [9.17, 15) is 0 Å². The van der Waals surface area contributed by atoms with Crippen LogP contribution in [0.5, 0.6) is 0 Å². The summed E-state index contributed by atoms with van der Waals surface area (Å²) in [7, 11) is 0. The lowest BCUT2D eigenvalue weighted by molar-refractivity contribution is 0.438. The summed E-state index contributed by atoms with van der Waals surface area (Å²) in [6.07, 6.45) is 0. The standard InChI is InChI=1S/C94H60N2/c1-3-37-67(38-4-1)93(79-57-55-65-31-11-17-45-73(65)89(79)91-77-49-21-19-47-75(77)87(59-81(91)93)95(83-51-23-33-61-27-7-13-41-69(61)83)84-52-24-34-62-28-8-14-42-70(62)84)94(68-39-5-2-6-40-68)80-58-56-66-32-12-18-46-74(66)90(80)92-78-50-22-20-48-76(78)88(60-82(92)94)96(85-53-25-35-63-29-9-15-43-71(63)85)86-54-26-36-64-30-10-16-44-72(64)86/h1-60H. The number of hydrogen-bond acceptors (Lipinski definition) is 2. The molecular weight excluding hydrogens is 1160 g/mol. The van der Waals surface area contributed by atoms with E-state index >= 15 is 0 Å². The second kappa shape index (κ2) is 21.1. The fourth-order valence-electron chi connectivity index (χ4n) is 17.8. The number of anilines is 6. The molecule has 20 rings (SSSR count). The largest absolute Gasteiger partial charge is 0.309 e. The van der Waals surface area contributed by atoms with Gasteiger partial charge in [-0.15, -0.1) is 0 Å². The molecule has 2 aliphatic rings. The minimum atomic E-state index is -1.04. The molecule has 2 atom stereocenters. The van der Waals surface area contributed by atoms with Crippen molar-refractivity contribution in [3.63, 3.8) is 0 Å². The zero-order chi connectivity index (χ0) is 63.1. The van der Waals surface area contributed by atoms with Crippen LogP contribution in [-0.2, 0) is 10.8 Å². The van der Waals surface area contributed by atoms with Crippen LogP contribution in [0.4, 0.5) is 34.1 Å². The maximum atomic E-state index is 2.67. The third kappa shape index (κ3) is 7.47. The van der Waals surface area contributed by atoms with Gasteiger partial charge in [-0.2, -0.15) is 0 Å². The summed E-state index contributed by atoms with van der Waals surface area (Å²) in [5.41, 5.74) is 17.0. The average Bonchev–Trinajstić information content (AvgIpc) is 1.46. The summed E-state index contributed by atoms with van der Waals surface area (Å²) in [6, 6.07) is 139. The molecule has 0 aliphatic heterocycles. The van der Waals surface area contributed by atoms with Gasteiger partial charge in [0.15, 0.2) is 0 Å². The molecule has 0 spiro atoms. The minimum absolute atomic E-state index is 1.04. The number of rotatable bonds is 9. The van der Waals surface area contributed by atoms with Crippen molar-refractivity contribution in [2.24, 2.45) is 0 Å². The third-order valence-corrected chi connectivity index (χ3v) is 21.5. The molecule has 18 aromatic carbocycles. The molecule has 18 aromatic rings. The van der Waals surface area contributed by atoms with Crippen LogP contribution in [-0.4, -0.2) is 0 Å². The maximum Gasteiger partial charge on any atom is 0.0642 e. The van der Waals surface area contributed by atoms with Crippen molar-refractivity contribution < 1.29 is 0 Å². The Bertz CT molecular complexity index is 5690. The van der Waals surface area contributed by atoms with E-state index in [1.165, 1.54) is 142 Å². The Morgan fingerprint density at radius 1 is 0.156 bits per heavy atom. The zero-order valence-electron chi connectivity index (χ0n) is 52.5. The molecule has 0 radical (unpaired) electrons. The quantitative estimate of drug-likeness (QED) is 0.142. The summed E-state index contributed by atoms with van der Waals surface area (Å²) in [6.45, 7) is 0. The van der Waals surface area contributed by atoms with Gasteiger partial charge in [0.1, 0.15) is 0 Å². The van der Waals surface area contributed by atoms with Gasteiger partial charge in [0.2, 0.25) is 0 Å². The van der Waals surface area contributed by atoms with E-state index in [2.05, 4.69) is 374 Å². The molecule has 0 N–H and O–H groups in total. The second-order valence-electron chi connectivity index (χ2n) is 26.0. The second-order valence-corrected chi connectivity index (χ2v) is 26.0. The number of benzene rings is 18. The normalized spacial score (nSPS) is 15.4. The van der Waals surface area contributed by atoms with Crippen molar-refractivity contribution in [1.82, 2.24) is 0 Å². The summed E-state index contributed by atoms with van der Waals surface area (Å²) in [4.78, 5) is 5.22. The predicted molar refractivity (Wildman–Crippen MR) is 406 cm³/mol. The van der Waals surface area contributed by atoms with E-state index in [0.29, 0.717) is 0 Å². The molecule has 0 heterocycles. The van der Waals surface area contributed by atoms with E-state index in [-0.39, 0.29) is 0 Å². The van der Waals surface area contributed by atoms with Gasteiger partial charge in [-0.1, -0.05) is 328 Å². The molecule has 446 valence electrons. The van der Waals surface area contributed by atoms with Gasteiger partial charge in [0.25, 0.3) is 0 Å². The van der Waals surface area contributed by atoms with E-state index in [1.807, 2.05) is 0 Å². The van der Waals surface area contributed by atoms with E-state index in [1.54, 1.807) is 0 Å². The molecule has 0 aromatic heterocycles. The SMILES string of the molecule is c1ccc(C2(C3(c4ccccc4)c4ccc5ccccc5c4-c4c3cc(N(c3cccc5ccccc35)c3cccc5ccccc35)c3ccccc43)c3ccc4ccccc4c3-c3c2cc(N(c2cccc4ccccc24)c2cccc4ccccc24)c2ccccc32)cc1. The van der Waals surface area contributed by atoms with Crippen molar-refractivity contribution >= 4 is 120 Å². The molecule has 2 nitrogen and oxygen atoms in total. The van der Waals surface area contributed by atoms with Gasteiger partial charge in [0, 0.05) is 32.3 Å². The lowest BCUT2D eigenvalue weighted by Crippen LogP contribution is -2.50. The van der Waals surface area contributed by atoms with Crippen molar-refractivity contribution in [2.45, 2.75) is 10.8 Å². The van der Waals surface area contributed by atoms with Crippen LogP contribution in [0.1, 0.15) is 33.4 Å². The van der Waals surface area contributed by atoms with E-state index in [4.69, 9.17) is 0 Å². The monoisotopic (exact) mass is 1220 g/mol. The van der Waals surface area contributed by atoms with Gasteiger partial charge >= 0.3 is 0 Å². The lowest BCUT2D eigenvalue weighted by atomic mass is 9.49. The molecule has 96 heavy (non-hydrogen) atoms. The van der Waals surface area contributed by atoms with Crippen molar-refractivity contribution in [1.29, 1.82) is 0 Å². The molecule has 0 fully saturated rings. The fraction of sp³-hybridized carbons (Fsp3) is 0.0213. The number of nitrogens with zero attached hydrogens (tertiary/aromatic N) is 2. The Kier molecular flexibility index (Phi) is 11.9. The Balaban J connectivity index is 1.04. The van der Waals surface area contributed by atoms with Gasteiger partial charge in [-0.05, 0) is 146 Å². The van der Waals surface area contributed by atoms with Crippen LogP contribution in [0.25, 0.3) is 108 Å². The fourth-order valence-corrected chi connectivity index (χ4v) is 17.8. The topological polar surface area (TPSA) is 6.48 Å². The number of hydrogen-bond donors (Lipinski definition) is 0. The molecule has 0 bridgehead atoms. The van der Waals surface area contributed by atoms with E-state index in [0.717, 1.165) is 34.1 Å². The van der Waals surface area contributed by atoms with Crippen LogP contribution in [0.15, 0.2) is 364 Å². The predicted octanol–water partition coefficient (Wildman–Crippen LogP) is 25.2. The summed E-state index contributed by atoms with van der Waals surface area (Å²) >= 11 is 0. The van der Waals surface area contributed by atoms with Crippen LogP contribution in [0, 0.1) is 0 Å². The zero-order valence-corrected chi connectivity index (χ0v) is 52.5. The van der Waals surface area contributed by atoms with Crippen LogP contribution >= 0.6 is 0 Å². The van der Waals surface area contributed by atoms with Crippen LogP contribution in [0.2, 0.25) is 0 Å². The molecule has 0 amide bonds. The molecule has 2 unspecified atom stereocenters. The van der Waals surface area contributed by atoms with Gasteiger partial charge < -0.3 is 9.80 Å². The summed E-state index contributed by atoms with van der Waals surface area (Å²) in [5, 5.41) is 19.0. The van der Waals surface area contributed by atoms with Crippen molar-refractivity contribution in [3.8, 4) is 22.3 Å². The Morgan fingerprint density at radius 3 is 0.719 bits per heavy atom. The highest BCUT2D eigenvalue weighted by atomic mass is 15.2. The smallest absolute Gasteiger partial charge is 0.0642 e. The lowest BCUT2D eigenvalue weighted by Gasteiger charge is -2.51. The average molecular weight is 1220 g/mol. The highest BCUT2D eigenvalue weighted by molar-refractivity contribution is 6.21. The first kappa shape index (κ1) is 54.2. The molecule has 2 heteroatoms. The molecular formula is C94H60N2. The van der Waals surface area contributed by atoms with Crippen LogP contribution < -0.4 is 9.80 Å². The highest BCUT2D eigenvalue weighted by Gasteiger charge is 2.65. The first-order valence-electron chi connectivity index (χ1n) is 33.5. The first-order chi connectivity index (χ1) is 47.7. The molecule has 0 saturated heterocycles. The van der Waals surface area contributed by atoms with Gasteiger partial charge in [-0.25, -0.2) is 0 Å². The first-order valence-corrected chi connectivity index (χ1v) is 33.5. The van der Waals surface area contributed by atoms with Gasteiger partial charge in [-0.3, -0.25) is 0 Å². The highest BCUT2D eigenvalue weighted by Crippen LogP contribution is 2.73. The van der Waals surface area contributed by atoms with Crippen molar-refractivity contribution in [2.75, 3.05) is 9.80 Å². The van der Waals surface area contributed by atoms with Gasteiger partial charge in [0.05, 0.1) is 45.0 Å². The van der Waals surface area contributed by atoms with Crippen molar-refractivity contribution in [3.05, 3.63) is 397 Å². The third-order valence-electron chi connectivity index (χ3n) is 21.5. The number of fused-ring (bicyclic) bond motifs is 18. The minimum Gasteiger partial charge on any atom is -0.309 e. The maximum absolute atomic E-state index is 2.67. The molecule has 2 aliphatic carbocycles. The van der Waals surface area contributed by atoms with Crippen LogP contribution in [0.3, 0.4) is 0 Å². The Hall–Kier alpha value is -12.4. The summed E-state index contributed by atoms with van der Waals surface area (Å²) < 4.78 is 0. The Labute approximate surface area is 557 Å². The Morgan fingerprint density at radius 2 is 0.396 bits per heavy atom. The summed E-state index contributed by atoms with van der Waals surface area (Å²) in [5.74, 6) is 0. The molecule has 0 saturated carbocycles.